The molecule has 1 amide bonds. The van der Waals surface area contributed by atoms with E-state index in [0.717, 1.165) is 0 Å². The van der Waals surface area contributed by atoms with E-state index < -0.39 is 41.2 Å². The van der Waals surface area contributed by atoms with Crippen LogP contribution in [-0.4, -0.2) is 35.0 Å². The van der Waals surface area contributed by atoms with Gasteiger partial charge >= 0.3 is 5.97 Å². The number of carbonyl (C=O) groups is 2. The fourth-order valence-electron chi connectivity index (χ4n) is 2.32. The Hall–Kier alpha value is -2.05. The van der Waals surface area contributed by atoms with Crippen LogP contribution in [0, 0.1) is 22.9 Å². The number of carbonyl (C=O) groups excluding carboxylic acids is 1. The molecule has 1 heterocycles. The molecule has 1 aliphatic heterocycles. The van der Waals surface area contributed by atoms with E-state index in [-0.39, 0.29) is 18.7 Å². The number of aliphatic carboxylic acids is 1. The summed E-state index contributed by atoms with van der Waals surface area (Å²) < 4.78 is 39.4. The van der Waals surface area contributed by atoms with E-state index in [0.29, 0.717) is 18.6 Å². The molecule has 1 atom stereocenters. The Balaban J connectivity index is 2.10. The first-order valence-electron chi connectivity index (χ1n) is 6.37. The lowest BCUT2D eigenvalue weighted by Gasteiger charge is -2.20. The zero-order valence-electron chi connectivity index (χ0n) is 11.3. The van der Waals surface area contributed by atoms with Gasteiger partial charge in [-0.1, -0.05) is 0 Å². The highest BCUT2D eigenvalue weighted by molar-refractivity contribution is 5.82. The molecule has 0 aromatic heterocycles. The Morgan fingerprint density at radius 2 is 1.86 bits per heavy atom. The van der Waals surface area contributed by atoms with Gasteiger partial charge in [-0.3, -0.25) is 9.59 Å². The number of rotatable bonds is 3. The number of carboxylic acid groups (broad SMARTS) is 1. The molecule has 114 valence electrons. The summed E-state index contributed by atoms with van der Waals surface area (Å²) in [5.74, 6) is -5.05. The van der Waals surface area contributed by atoms with Crippen molar-refractivity contribution < 1.29 is 27.9 Å². The lowest BCUT2D eigenvalue weighted by atomic mass is 9.90. The number of carboxylic acids is 1. The summed E-state index contributed by atoms with van der Waals surface area (Å²) in [5, 5.41) is 9.08. The number of likely N-dealkylation sites (tertiary alicyclic amines) is 1. The minimum atomic E-state index is -1.32. The summed E-state index contributed by atoms with van der Waals surface area (Å²) in [6, 6.07) is 1.04. The van der Waals surface area contributed by atoms with Crippen LogP contribution in [0.25, 0.3) is 0 Å². The molecular weight excluding hydrogens is 287 g/mol. The molecule has 0 aliphatic carbocycles. The third-order valence-electron chi connectivity index (χ3n) is 3.77. The third kappa shape index (κ3) is 3.01. The number of amides is 1. The van der Waals surface area contributed by atoms with E-state index in [4.69, 9.17) is 5.11 Å². The summed E-state index contributed by atoms with van der Waals surface area (Å²) >= 11 is 0. The zero-order valence-corrected chi connectivity index (χ0v) is 11.3. The topological polar surface area (TPSA) is 57.6 Å². The molecule has 0 spiro atoms. The average molecular weight is 301 g/mol. The molecule has 0 bridgehead atoms. The van der Waals surface area contributed by atoms with Crippen molar-refractivity contribution >= 4 is 11.9 Å². The first-order valence-corrected chi connectivity index (χ1v) is 6.37. The first-order chi connectivity index (χ1) is 9.73. The first kappa shape index (κ1) is 15.3. The van der Waals surface area contributed by atoms with Crippen LogP contribution in [0.3, 0.4) is 0 Å². The molecule has 1 aliphatic rings. The molecule has 0 radical (unpaired) electrons. The highest BCUT2D eigenvalue weighted by Gasteiger charge is 2.42. The molecule has 21 heavy (non-hydrogen) atoms. The van der Waals surface area contributed by atoms with Crippen molar-refractivity contribution in [3.05, 3.63) is 35.1 Å². The lowest BCUT2D eigenvalue weighted by Crippen LogP contribution is -2.35. The van der Waals surface area contributed by atoms with Crippen molar-refractivity contribution in [3.8, 4) is 0 Å². The Morgan fingerprint density at radius 3 is 2.43 bits per heavy atom. The Kier molecular flexibility index (Phi) is 3.93. The maximum absolute atomic E-state index is 13.5. The van der Waals surface area contributed by atoms with E-state index in [2.05, 4.69) is 0 Å². The molecule has 1 aromatic rings. The van der Waals surface area contributed by atoms with Gasteiger partial charge in [-0.05, 0) is 19.4 Å². The zero-order chi connectivity index (χ0) is 15.8. The number of benzene rings is 1. The normalized spacial score (nSPS) is 21.6. The minimum Gasteiger partial charge on any atom is -0.481 e. The second-order valence-electron chi connectivity index (χ2n) is 5.47. The fourth-order valence-corrected chi connectivity index (χ4v) is 2.32. The predicted molar refractivity (Wildman–Crippen MR) is 67.0 cm³/mol. The number of halogens is 3. The Labute approximate surface area is 119 Å². The van der Waals surface area contributed by atoms with Gasteiger partial charge in [0.05, 0.1) is 11.8 Å². The van der Waals surface area contributed by atoms with Crippen LogP contribution in [0.5, 0.6) is 0 Å². The van der Waals surface area contributed by atoms with Crippen molar-refractivity contribution in [2.24, 2.45) is 5.41 Å². The molecule has 1 fully saturated rings. The Bertz CT molecular complexity index is 605. The van der Waals surface area contributed by atoms with Crippen molar-refractivity contribution in [2.75, 3.05) is 13.1 Å². The smallest absolute Gasteiger partial charge is 0.311 e. The number of hydrogen-bond donors (Lipinski definition) is 1. The Morgan fingerprint density at radius 1 is 1.24 bits per heavy atom. The van der Waals surface area contributed by atoms with Crippen LogP contribution in [0.1, 0.15) is 18.9 Å². The molecule has 1 saturated heterocycles. The van der Waals surface area contributed by atoms with Crippen LogP contribution in [0.15, 0.2) is 12.1 Å². The molecule has 4 nitrogen and oxygen atoms in total. The van der Waals surface area contributed by atoms with Gasteiger partial charge in [-0.2, -0.15) is 0 Å². The summed E-state index contributed by atoms with van der Waals surface area (Å²) in [4.78, 5) is 24.4. The monoisotopic (exact) mass is 301 g/mol. The summed E-state index contributed by atoms with van der Waals surface area (Å²) in [6.07, 6.45) is -0.132. The quantitative estimate of drug-likeness (QED) is 0.868. The highest BCUT2D eigenvalue weighted by Crippen LogP contribution is 2.30. The summed E-state index contributed by atoms with van der Waals surface area (Å²) in [5.41, 5.74) is -1.27. The molecule has 2 rings (SSSR count). The molecule has 1 aromatic carbocycles. The second kappa shape index (κ2) is 5.38. The van der Waals surface area contributed by atoms with E-state index in [1.165, 1.54) is 11.8 Å². The van der Waals surface area contributed by atoms with Gasteiger partial charge in [-0.15, -0.1) is 0 Å². The van der Waals surface area contributed by atoms with Crippen LogP contribution in [-0.2, 0) is 16.0 Å². The molecule has 0 saturated carbocycles. The van der Waals surface area contributed by atoms with Gasteiger partial charge in [0.15, 0.2) is 11.6 Å². The molecular formula is C14H14F3NO3. The van der Waals surface area contributed by atoms with Gasteiger partial charge in [0.25, 0.3) is 0 Å². The van der Waals surface area contributed by atoms with E-state index in [1.807, 2.05) is 0 Å². The van der Waals surface area contributed by atoms with Crippen molar-refractivity contribution in [2.45, 2.75) is 19.8 Å². The highest BCUT2D eigenvalue weighted by atomic mass is 19.2. The van der Waals surface area contributed by atoms with Crippen LogP contribution in [0.2, 0.25) is 0 Å². The second-order valence-corrected chi connectivity index (χ2v) is 5.47. The lowest BCUT2D eigenvalue weighted by molar-refractivity contribution is -0.147. The van der Waals surface area contributed by atoms with Gasteiger partial charge in [0, 0.05) is 24.7 Å². The van der Waals surface area contributed by atoms with Crippen molar-refractivity contribution in [3.63, 3.8) is 0 Å². The van der Waals surface area contributed by atoms with Gasteiger partial charge < -0.3 is 10.0 Å². The third-order valence-corrected chi connectivity index (χ3v) is 3.77. The van der Waals surface area contributed by atoms with Crippen LogP contribution in [0.4, 0.5) is 13.2 Å². The van der Waals surface area contributed by atoms with Crippen molar-refractivity contribution in [1.29, 1.82) is 0 Å². The SMILES string of the molecule is CC1(C(=O)O)CCN(C(=O)Cc2cc(F)c(F)cc2F)C1. The molecule has 1 unspecified atom stereocenters. The van der Waals surface area contributed by atoms with E-state index >= 15 is 0 Å². The van der Waals surface area contributed by atoms with Crippen molar-refractivity contribution in [1.82, 2.24) is 4.90 Å². The number of nitrogens with zero attached hydrogens (tertiary/aromatic N) is 1. The maximum Gasteiger partial charge on any atom is 0.311 e. The van der Waals surface area contributed by atoms with Gasteiger partial charge in [-0.25, -0.2) is 13.2 Å². The molecule has 1 N–H and O–H groups in total. The van der Waals surface area contributed by atoms with Crippen LogP contribution >= 0.6 is 0 Å². The van der Waals surface area contributed by atoms with Crippen LogP contribution < -0.4 is 0 Å². The average Bonchev–Trinajstić information content (AvgIpc) is 2.80. The predicted octanol–water partition coefficient (Wildman–Crippen LogP) is 1.97. The van der Waals surface area contributed by atoms with Gasteiger partial charge in [0.1, 0.15) is 5.82 Å². The number of hydrogen-bond acceptors (Lipinski definition) is 2. The molecule has 7 heteroatoms. The van der Waals surface area contributed by atoms with E-state index in [9.17, 15) is 22.8 Å². The summed E-state index contributed by atoms with van der Waals surface area (Å²) in [7, 11) is 0. The maximum atomic E-state index is 13.5. The minimum absolute atomic E-state index is 0.0203. The standard InChI is InChI=1S/C14H14F3NO3/c1-14(13(20)21)2-3-18(7-14)12(19)5-8-4-10(16)11(17)6-9(8)15/h4,6H,2-3,5,7H2,1H3,(H,20,21). The fraction of sp³-hybridized carbons (Fsp3) is 0.429. The summed E-state index contributed by atoms with van der Waals surface area (Å²) in [6.45, 7) is 1.79. The van der Waals surface area contributed by atoms with Gasteiger partial charge in [0.2, 0.25) is 5.91 Å². The largest absolute Gasteiger partial charge is 0.481 e. The van der Waals surface area contributed by atoms with E-state index in [1.54, 1.807) is 0 Å².